The number of thioether (sulfide) groups is 1. The summed E-state index contributed by atoms with van der Waals surface area (Å²) in [5.74, 6) is 0.803. The van der Waals surface area contributed by atoms with Crippen molar-refractivity contribution >= 4 is 29.5 Å². The van der Waals surface area contributed by atoms with Crippen molar-refractivity contribution in [1.29, 1.82) is 0 Å². The van der Waals surface area contributed by atoms with E-state index in [1.807, 2.05) is 63.2 Å². The monoisotopic (exact) mass is 499 g/mol. The number of unbranched alkanes of at least 4 members (excludes halogenated alkanes) is 1. The summed E-state index contributed by atoms with van der Waals surface area (Å²) >= 11 is 1.52. The molecular formula is C27H37N3O4S. The third-order valence-corrected chi connectivity index (χ3v) is 6.37. The van der Waals surface area contributed by atoms with Crippen LogP contribution in [0.5, 0.6) is 0 Å². The van der Waals surface area contributed by atoms with Crippen LogP contribution in [0, 0.1) is 5.92 Å². The molecule has 0 radical (unpaired) electrons. The molecule has 0 aliphatic carbocycles. The van der Waals surface area contributed by atoms with Gasteiger partial charge in [0.15, 0.2) is 5.78 Å². The molecule has 2 aromatic rings. The Morgan fingerprint density at radius 3 is 2.34 bits per heavy atom. The average molecular weight is 500 g/mol. The number of carbonyl (C=O) groups is 3. The zero-order valence-electron chi connectivity index (χ0n) is 20.9. The van der Waals surface area contributed by atoms with Gasteiger partial charge >= 0.3 is 6.09 Å². The Kier molecular flexibility index (Phi) is 12.9. The van der Waals surface area contributed by atoms with Crippen molar-refractivity contribution in [2.24, 2.45) is 5.92 Å². The predicted octanol–water partition coefficient (Wildman–Crippen LogP) is 4.90. The SMILES string of the molecule is CCCCC(NC(=O)C(CC(C)C)NC(=O)OCc1ccccc1)C(=O)CSCc1ccncc1. The molecule has 0 bridgehead atoms. The zero-order chi connectivity index (χ0) is 25.5. The molecule has 0 saturated carbocycles. The number of rotatable bonds is 15. The number of Topliss-reactive ketones (excluding diaryl/α,β-unsaturated/α-hetero) is 1. The molecule has 2 N–H and O–H groups in total. The largest absolute Gasteiger partial charge is 0.445 e. The maximum absolute atomic E-state index is 13.1. The molecular weight excluding hydrogens is 462 g/mol. The second-order valence-electron chi connectivity index (χ2n) is 8.91. The number of amides is 2. The standard InChI is InChI=1S/C27H37N3O4S/c1-4-5-11-23(25(31)19-35-18-22-12-14-28-15-13-22)29-26(32)24(16-20(2)3)30-27(33)34-17-21-9-7-6-8-10-21/h6-10,12-15,20,23-24H,4-5,11,16-19H2,1-3H3,(H,29,32)(H,30,33). The molecule has 8 heteroatoms. The molecule has 2 amide bonds. The maximum atomic E-state index is 13.1. The average Bonchev–Trinajstić information content (AvgIpc) is 2.85. The van der Waals surface area contributed by atoms with Crippen LogP contribution in [0.1, 0.15) is 57.6 Å². The van der Waals surface area contributed by atoms with Crippen molar-refractivity contribution < 1.29 is 19.1 Å². The summed E-state index contributed by atoms with van der Waals surface area (Å²) in [6.45, 7) is 6.13. The smallest absolute Gasteiger partial charge is 0.408 e. The van der Waals surface area contributed by atoms with E-state index in [1.54, 1.807) is 12.4 Å². The summed E-state index contributed by atoms with van der Waals surface area (Å²) in [6.07, 6.45) is 5.57. The van der Waals surface area contributed by atoms with Gasteiger partial charge in [0.25, 0.3) is 0 Å². The Morgan fingerprint density at radius 2 is 1.69 bits per heavy atom. The van der Waals surface area contributed by atoms with Crippen LogP contribution in [0.3, 0.4) is 0 Å². The van der Waals surface area contributed by atoms with Gasteiger partial charge in [0.2, 0.25) is 5.91 Å². The van der Waals surface area contributed by atoms with E-state index in [0.29, 0.717) is 24.3 Å². The fourth-order valence-corrected chi connectivity index (χ4v) is 4.39. The molecule has 1 aromatic carbocycles. The highest BCUT2D eigenvalue weighted by Crippen LogP contribution is 2.14. The fourth-order valence-electron chi connectivity index (χ4n) is 3.45. The van der Waals surface area contributed by atoms with Gasteiger partial charge in [-0.3, -0.25) is 14.6 Å². The van der Waals surface area contributed by atoms with Crippen LogP contribution in [-0.4, -0.2) is 40.6 Å². The Bertz CT molecular complexity index is 909. The Balaban J connectivity index is 1.93. The number of nitrogens with one attached hydrogen (secondary N) is 2. The first-order valence-electron chi connectivity index (χ1n) is 12.2. The molecule has 0 spiro atoms. The molecule has 1 heterocycles. The van der Waals surface area contributed by atoms with Crippen LogP contribution in [-0.2, 0) is 26.7 Å². The van der Waals surface area contributed by atoms with Crippen molar-refractivity contribution in [3.05, 3.63) is 66.0 Å². The number of benzene rings is 1. The lowest BCUT2D eigenvalue weighted by Gasteiger charge is -2.24. The molecule has 2 rings (SSSR count). The minimum Gasteiger partial charge on any atom is -0.445 e. The van der Waals surface area contributed by atoms with Crippen LogP contribution in [0.2, 0.25) is 0 Å². The van der Waals surface area contributed by atoms with Crippen molar-refractivity contribution in [3.8, 4) is 0 Å². The van der Waals surface area contributed by atoms with Gasteiger partial charge in [-0.15, -0.1) is 11.8 Å². The van der Waals surface area contributed by atoms with Crippen molar-refractivity contribution in [1.82, 2.24) is 15.6 Å². The normalized spacial score (nSPS) is 12.6. The fraction of sp³-hybridized carbons (Fsp3) is 0.481. The van der Waals surface area contributed by atoms with Crippen LogP contribution < -0.4 is 10.6 Å². The maximum Gasteiger partial charge on any atom is 0.408 e. The summed E-state index contributed by atoms with van der Waals surface area (Å²) in [4.78, 5) is 42.5. The Hall–Kier alpha value is -2.87. The number of alkyl carbamates (subject to hydrolysis) is 1. The minimum atomic E-state index is -0.778. The molecule has 2 unspecified atom stereocenters. The summed E-state index contributed by atoms with van der Waals surface area (Å²) < 4.78 is 5.30. The van der Waals surface area contributed by atoms with Gasteiger partial charge in [-0.1, -0.05) is 63.9 Å². The third-order valence-electron chi connectivity index (χ3n) is 5.34. The van der Waals surface area contributed by atoms with Crippen molar-refractivity contribution in [2.45, 2.75) is 70.9 Å². The number of ether oxygens (including phenoxy) is 1. The first kappa shape index (κ1) is 28.4. The highest BCUT2D eigenvalue weighted by Gasteiger charge is 2.27. The van der Waals surface area contributed by atoms with E-state index < -0.39 is 18.2 Å². The molecule has 35 heavy (non-hydrogen) atoms. The molecule has 0 aliphatic heterocycles. The molecule has 190 valence electrons. The Labute approximate surface area is 212 Å². The molecule has 7 nitrogen and oxygen atoms in total. The number of nitrogens with zero attached hydrogens (tertiary/aromatic N) is 1. The molecule has 2 atom stereocenters. The van der Waals surface area contributed by atoms with E-state index in [4.69, 9.17) is 4.74 Å². The first-order chi connectivity index (χ1) is 16.9. The van der Waals surface area contributed by atoms with Crippen LogP contribution >= 0.6 is 11.8 Å². The van der Waals surface area contributed by atoms with E-state index >= 15 is 0 Å². The number of ketones is 1. The zero-order valence-corrected chi connectivity index (χ0v) is 21.7. The second kappa shape index (κ2) is 15.9. The van der Waals surface area contributed by atoms with Crippen LogP contribution in [0.25, 0.3) is 0 Å². The topological polar surface area (TPSA) is 97.4 Å². The summed E-state index contributed by atoms with van der Waals surface area (Å²) in [5.41, 5.74) is 1.96. The third kappa shape index (κ3) is 11.4. The van der Waals surface area contributed by atoms with Gasteiger partial charge < -0.3 is 15.4 Å². The summed E-state index contributed by atoms with van der Waals surface area (Å²) in [7, 11) is 0. The van der Waals surface area contributed by atoms with Gasteiger partial charge in [-0.05, 0) is 42.0 Å². The van der Waals surface area contributed by atoms with E-state index in [2.05, 4.69) is 15.6 Å². The van der Waals surface area contributed by atoms with E-state index in [9.17, 15) is 14.4 Å². The van der Waals surface area contributed by atoms with E-state index in [1.165, 1.54) is 11.8 Å². The van der Waals surface area contributed by atoms with Crippen molar-refractivity contribution in [2.75, 3.05) is 5.75 Å². The van der Waals surface area contributed by atoms with Gasteiger partial charge in [-0.2, -0.15) is 0 Å². The van der Waals surface area contributed by atoms with Gasteiger partial charge in [0, 0.05) is 18.1 Å². The molecule has 0 fully saturated rings. The number of pyridine rings is 1. The van der Waals surface area contributed by atoms with Gasteiger partial charge in [0.1, 0.15) is 12.6 Å². The number of carbonyl (C=O) groups excluding carboxylic acids is 3. The summed E-state index contributed by atoms with van der Waals surface area (Å²) in [5, 5.41) is 5.59. The lowest BCUT2D eigenvalue weighted by molar-refractivity contribution is -0.128. The van der Waals surface area contributed by atoms with Crippen LogP contribution in [0.4, 0.5) is 4.79 Å². The lowest BCUT2D eigenvalue weighted by atomic mass is 10.0. The predicted molar refractivity (Wildman–Crippen MR) is 140 cm³/mol. The van der Waals surface area contributed by atoms with Crippen molar-refractivity contribution in [3.63, 3.8) is 0 Å². The second-order valence-corrected chi connectivity index (χ2v) is 9.89. The van der Waals surface area contributed by atoms with E-state index in [0.717, 1.165) is 24.0 Å². The number of aromatic nitrogens is 1. The minimum absolute atomic E-state index is 0.0131. The first-order valence-corrected chi connectivity index (χ1v) is 13.3. The number of hydrogen-bond acceptors (Lipinski definition) is 6. The highest BCUT2D eigenvalue weighted by atomic mass is 32.2. The lowest BCUT2D eigenvalue weighted by Crippen LogP contribution is -2.52. The van der Waals surface area contributed by atoms with Crippen LogP contribution in [0.15, 0.2) is 54.9 Å². The highest BCUT2D eigenvalue weighted by molar-refractivity contribution is 7.99. The molecule has 1 aromatic heterocycles. The summed E-state index contributed by atoms with van der Waals surface area (Å²) in [6, 6.07) is 11.8. The quantitative estimate of drug-likeness (QED) is 0.362. The number of hydrogen-bond donors (Lipinski definition) is 2. The van der Waals surface area contributed by atoms with Gasteiger partial charge in [-0.25, -0.2) is 4.79 Å². The molecule has 0 aliphatic rings. The Morgan fingerprint density at radius 1 is 0.971 bits per heavy atom. The van der Waals surface area contributed by atoms with Gasteiger partial charge in [0.05, 0.1) is 11.8 Å². The van der Waals surface area contributed by atoms with E-state index in [-0.39, 0.29) is 24.2 Å². The molecule has 0 saturated heterocycles.